The second-order valence-corrected chi connectivity index (χ2v) is 10.8. The smallest absolute Gasteiger partial charge is 0.266 e. The first kappa shape index (κ1) is 22.4. The van der Waals surface area contributed by atoms with Crippen molar-refractivity contribution in [3.05, 3.63) is 29.0 Å². The van der Waals surface area contributed by atoms with Crippen molar-refractivity contribution < 1.29 is 19.8 Å². The Hall–Kier alpha value is -3.02. The number of carbonyl (C=O) groups excluding carboxylic acids is 2. The Morgan fingerprint density at radius 1 is 1.34 bits per heavy atom. The number of hydrogen-bond donors (Lipinski definition) is 4. The van der Waals surface area contributed by atoms with Crippen molar-refractivity contribution in [1.29, 1.82) is 0 Å². The minimum Gasteiger partial charge on any atom is -0.395 e. The number of β-amino-alcohol motifs (C(OH)–C–C–N with tert-alkyl or cyclic N) is 1. The molecular weight excluding hydrogens is 468 g/mol. The number of aliphatic hydroxyl groups is 2. The Kier molecular flexibility index (Phi) is 5.50. The van der Waals surface area contributed by atoms with E-state index in [0.29, 0.717) is 42.9 Å². The zero-order valence-electron chi connectivity index (χ0n) is 19.4. The predicted octanol–water partition coefficient (Wildman–Crippen LogP) is 1.66. The van der Waals surface area contributed by atoms with Gasteiger partial charge in [0.05, 0.1) is 30.1 Å². The lowest BCUT2D eigenvalue weighted by Crippen LogP contribution is -2.37. The van der Waals surface area contributed by atoms with Crippen LogP contribution < -0.4 is 5.32 Å². The molecule has 2 amide bonds. The van der Waals surface area contributed by atoms with Crippen LogP contribution in [0, 0.1) is 11.8 Å². The van der Waals surface area contributed by atoms with Crippen LogP contribution in [-0.4, -0.2) is 85.2 Å². The van der Waals surface area contributed by atoms with E-state index in [1.165, 1.54) is 18.3 Å². The summed E-state index contributed by atoms with van der Waals surface area (Å²) in [7, 11) is 0. The number of anilines is 1. The van der Waals surface area contributed by atoms with Crippen molar-refractivity contribution in [2.75, 3.05) is 31.6 Å². The van der Waals surface area contributed by atoms with Crippen LogP contribution >= 0.6 is 11.3 Å². The summed E-state index contributed by atoms with van der Waals surface area (Å²) in [5.74, 6) is 0.572. The minimum absolute atomic E-state index is 0.0655. The van der Waals surface area contributed by atoms with Crippen molar-refractivity contribution in [2.45, 2.75) is 38.5 Å². The molecule has 35 heavy (non-hydrogen) atoms. The SMILES string of the molecule is C[C@H](O)C(=O)N1C[C@H]2CC(Nc3c(-c4nc5c(s4)C(=O)N(CCO)C5)cnc4[nH]ccc34)C[C@H]2C1. The van der Waals surface area contributed by atoms with E-state index in [1.807, 2.05) is 18.5 Å². The molecule has 0 spiro atoms. The van der Waals surface area contributed by atoms with Crippen molar-refractivity contribution in [3.63, 3.8) is 0 Å². The van der Waals surface area contributed by atoms with Crippen LogP contribution in [0.2, 0.25) is 0 Å². The molecule has 184 valence electrons. The monoisotopic (exact) mass is 496 g/mol. The van der Waals surface area contributed by atoms with Crippen LogP contribution in [0.3, 0.4) is 0 Å². The number of H-pyrrole nitrogens is 1. The number of hydrogen-bond acceptors (Lipinski definition) is 8. The van der Waals surface area contributed by atoms with Gasteiger partial charge in [-0.1, -0.05) is 0 Å². The van der Waals surface area contributed by atoms with E-state index in [9.17, 15) is 19.8 Å². The average molecular weight is 497 g/mol. The van der Waals surface area contributed by atoms with Crippen molar-refractivity contribution in [1.82, 2.24) is 24.8 Å². The predicted molar refractivity (Wildman–Crippen MR) is 131 cm³/mol. The van der Waals surface area contributed by atoms with Crippen LogP contribution in [-0.2, 0) is 11.3 Å². The number of pyridine rings is 1. The van der Waals surface area contributed by atoms with Crippen LogP contribution in [0.4, 0.5) is 5.69 Å². The van der Waals surface area contributed by atoms with Crippen molar-refractivity contribution >= 4 is 39.9 Å². The number of aromatic nitrogens is 3. The van der Waals surface area contributed by atoms with Gasteiger partial charge in [-0.15, -0.1) is 11.3 Å². The number of thiazole rings is 1. The normalized spacial score (nSPS) is 24.3. The summed E-state index contributed by atoms with van der Waals surface area (Å²) >= 11 is 1.38. The fourth-order valence-corrected chi connectivity index (χ4v) is 6.89. The lowest BCUT2D eigenvalue weighted by molar-refractivity contribution is -0.138. The van der Waals surface area contributed by atoms with Crippen LogP contribution in [0.1, 0.15) is 35.1 Å². The maximum Gasteiger partial charge on any atom is 0.266 e. The molecule has 10 nitrogen and oxygen atoms in total. The molecule has 2 aliphatic heterocycles. The average Bonchev–Trinajstić information content (AvgIpc) is 3.62. The molecule has 3 aromatic heterocycles. The van der Waals surface area contributed by atoms with Gasteiger partial charge in [-0.2, -0.15) is 0 Å². The highest BCUT2D eigenvalue weighted by Crippen LogP contribution is 2.43. The molecule has 0 bridgehead atoms. The number of aromatic amines is 1. The van der Waals surface area contributed by atoms with Crippen LogP contribution in [0.25, 0.3) is 21.6 Å². The molecule has 5 heterocycles. The second kappa shape index (κ2) is 8.58. The van der Waals surface area contributed by atoms with Gasteiger partial charge in [0.2, 0.25) is 0 Å². The molecule has 3 aromatic rings. The first-order valence-electron chi connectivity index (χ1n) is 12.0. The third-order valence-corrected chi connectivity index (χ3v) is 8.59. The number of nitrogens with one attached hydrogen (secondary N) is 2. The summed E-state index contributed by atoms with van der Waals surface area (Å²) in [4.78, 5) is 41.5. The van der Waals surface area contributed by atoms with E-state index in [2.05, 4.69) is 15.3 Å². The molecule has 4 atom stereocenters. The molecule has 4 N–H and O–H groups in total. The summed E-state index contributed by atoms with van der Waals surface area (Å²) < 4.78 is 0. The number of aliphatic hydroxyl groups excluding tert-OH is 2. The summed E-state index contributed by atoms with van der Waals surface area (Å²) in [5, 5.41) is 24.4. The highest BCUT2D eigenvalue weighted by atomic mass is 32.1. The largest absolute Gasteiger partial charge is 0.395 e. The molecule has 1 unspecified atom stereocenters. The topological polar surface area (TPSA) is 135 Å². The van der Waals surface area contributed by atoms with E-state index >= 15 is 0 Å². The Bertz CT molecular complexity index is 1290. The Morgan fingerprint density at radius 3 is 2.80 bits per heavy atom. The highest BCUT2D eigenvalue weighted by Gasteiger charge is 2.43. The molecule has 1 saturated carbocycles. The van der Waals surface area contributed by atoms with Crippen LogP contribution in [0.5, 0.6) is 0 Å². The quantitative estimate of drug-likeness (QED) is 0.408. The molecule has 1 saturated heterocycles. The molecule has 1 aliphatic carbocycles. The van der Waals surface area contributed by atoms with Gasteiger partial charge in [0, 0.05) is 43.5 Å². The molecule has 2 fully saturated rings. The van der Waals surface area contributed by atoms with Gasteiger partial charge >= 0.3 is 0 Å². The van der Waals surface area contributed by atoms with Gasteiger partial charge in [-0.3, -0.25) is 9.59 Å². The number of carbonyl (C=O) groups is 2. The molecule has 3 aliphatic rings. The maximum atomic E-state index is 12.7. The molecule has 0 aromatic carbocycles. The van der Waals surface area contributed by atoms with Gasteiger partial charge in [0.15, 0.2) is 0 Å². The van der Waals surface area contributed by atoms with Crippen molar-refractivity contribution in [2.24, 2.45) is 11.8 Å². The molecule has 0 radical (unpaired) electrons. The van der Waals surface area contributed by atoms with Gasteiger partial charge in [0.25, 0.3) is 11.8 Å². The fraction of sp³-hybridized carbons (Fsp3) is 0.500. The van der Waals surface area contributed by atoms with Gasteiger partial charge in [0.1, 0.15) is 21.6 Å². The lowest BCUT2D eigenvalue weighted by atomic mass is 10.0. The Morgan fingerprint density at radius 2 is 2.11 bits per heavy atom. The van der Waals surface area contributed by atoms with Gasteiger partial charge in [-0.25, -0.2) is 9.97 Å². The van der Waals surface area contributed by atoms with Crippen molar-refractivity contribution in [3.8, 4) is 10.6 Å². The van der Waals surface area contributed by atoms with Gasteiger partial charge in [-0.05, 0) is 37.7 Å². The van der Waals surface area contributed by atoms with E-state index in [-0.39, 0.29) is 24.5 Å². The van der Waals surface area contributed by atoms with Crippen LogP contribution in [0.15, 0.2) is 18.5 Å². The molecule has 6 rings (SSSR count). The minimum atomic E-state index is -0.952. The molecule has 11 heteroatoms. The summed E-state index contributed by atoms with van der Waals surface area (Å²) in [6, 6.07) is 2.25. The summed E-state index contributed by atoms with van der Waals surface area (Å²) in [6.45, 7) is 3.58. The first-order valence-corrected chi connectivity index (χ1v) is 12.8. The lowest BCUT2D eigenvalue weighted by Gasteiger charge is -2.22. The zero-order valence-corrected chi connectivity index (χ0v) is 20.2. The number of rotatable bonds is 6. The maximum absolute atomic E-state index is 12.7. The highest BCUT2D eigenvalue weighted by molar-refractivity contribution is 7.17. The molecular formula is C24H28N6O4S. The third-order valence-electron chi connectivity index (χ3n) is 7.47. The Labute approximate surface area is 206 Å². The zero-order chi connectivity index (χ0) is 24.3. The number of fused-ring (bicyclic) bond motifs is 3. The van der Waals surface area contributed by atoms with E-state index < -0.39 is 6.10 Å². The van der Waals surface area contributed by atoms with E-state index in [4.69, 9.17) is 4.98 Å². The number of amides is 2. The Balaban J connectivity index is 1.25. The first-order chi connectivity index (χ1) is 16.9. The fourth-order valence-electron chi connectivity index (χ4n) is 5.83. The van der Waals surface area contributed by atoms with E-state index in [0.717, 1.165) is 45.8 Å². The number of likely N-dealkylation sites (tertiary alicyclic amines) is 1. The standard InChI is InChI=1S/C24H28N6O4S/c1-12(32)23(33)30-9-13-6-15(7-14(13)10-30)27-19-16-2-3-25-21(16)26-8-17(19)22-28-18-11-29(4-5-31)24(34)20(18)35-22/h2-3,8,12-15,31-32H,4-7,9-11H2,1H3,(H2,25,26,27)/t12-,13-,14+,15?/m0/s1. The number of nitrogens with zero attached hydrogens (tertiary/aromatic N) is 4. The third kappa shape index (κ3) is 3.78. The van der Waals surface area contributed by atoms with Gasteiger partial charge < -0.3 is 30.3 Å². The summed E-state index contributed by atoms with van der Waals surface area (Å²) in [6.07, 6.45) is 4.62. The second-order valence-electron chi connectivity index (χ2n) is 9.78. The van der Waals surface area contributed by atoms with E-state index in [1.54, 1.807) is 9.80 Å². The summed E-state index contributed by atoms with van der Waals surface area (Å²) in [5.41, 5.74) is 3.38.